The predicted molar refractivity (Wildman–Crippen MR) is 82.3 cm³/mol. The van der Waals surface area contributed by atoms with E-state index in [-0.39, 0.29) is 4.90 Å². The number of benzene rings is 1. The Morgan fingerprint density at radius 2 is 2.10 bits per heavy atom. The number of aryl methyl sites for hydroxylation is 1. The molecule has 0 bridgehead atoms. The van der Waals surface area contributed by atoms with Crippen LogP contribution in [-0.2, 0) is 9.84 Å². The Morgan fingerprint density at radius 1 is 1.35 bits per heavy atom. The van der Waals surface area contributed by atoms with Crippen LogP contribution < -0.4 is 0 Å². The number of halogens is 1. The lowest BCUT2D eigenvalue weighted by Crippen LogP contribution is -1.97. The maximum absolute atomic E-state index is 11.8. The second-order valence-electron chi connectivity index (χ2n) is 4.57. The van der Waals surface area contributed by atoms with E-state index < -0.39 is 9.84 Å². The van der Waals surface area contributed by atoms with E-state index in [1.807, 2.05) is 12.3 Å². The lowest BCUT2D eigenvalue weighted by molar-refractivity contribution is 0.602. The van der Waals surface area contributed by atoms with Crippen LogP contribution in [0, 0.1) is 6.92 Å². The first-order valence-electron chi connectivity index (χ1n) is 5.80. The van der Waals surface area contributed by atoms with Gasteiger partial charge in [0.1, 0.15) is 11.3 Å². The molecular formula is C13H11ClN2O2S2. The predicted octanol–water partition coefficient (Wildman–Crippen LogP) is 3.66. The van der Waals surface area contributed by atoms with Gasteiger partial charge in [-0.1, -0.05) is 17.7 Å². The molecule has 1 N–H and O–H groups in total. The van der Waals surface area contributed by atoms with Crippen molar-refractivity contribution in [2.45, 2.75) is 11.8 Å². The number of aromatic amines is 1. The molecule has 2 heterocycles. The highest BCUT2D eigenvalue weighted by molar-refractivity contribution is 7.91. The maximum atomic E-state index is 11.8. The average Bonchev–Trinajstić information content (AvgIpc) is 2.92. The summed E-state index contributed by atoms with van der Waals surface area (Å²) in [6, 6.07) is 5.06. The molecule has 0 unspecified atom stereocenters. The molecule has 3 rings (SSSR count). The number of aromatic nitrogens is 2. The first kappa shape index (κ1) is 13.6. The molecule has 0 saturated heterocycles. The van der Waals surface area contributed by atoms with Gasteiger partial charge in [0.25, 0.3) is 0 Å². The molecule has 7 heteroatoms. The second-order valence-corrected chi connectivity index (χ2v) is 7.81. The van der Waals surface area contributed by atoms with Crippen LogP contribution in [-0.4, -0.2) is 24.6 Å². The number of para-hydroxylation sites is 1. The lowest BCUT2D eigenvalue weighted by Gasteiger charge is -1.97. The summed E-state index contributed by atoms with van der Waals surface area (Å²) in [5, 5.41) is 2.59. The summed E-state index contributed by atoms with van der Waals surface area (Å²) >= 11 is 7.72. The van der Waals surface area contributed by atoms with Gasteiger partial charge in [-0.05, 0) is 30.0 Å². The number of H-pyrrole nitrogens is 1. The quantitative estimate of drug-likeness (QED) is 0.781. The van der Waals surface area contributed by atoms with E-state index in [0.717, 1.165) is 10.4 Å². The number of rotatable bonds is 2. The van der Waals surface area contributed by atoms with Crippen molar-refractivity contribution in [1.82, 2.24) is 9.97 Å². The zero-order chi connectivity index (χ0) is 14.5. The fourth-order valence-corrected chi connectivity index (χ4v) is 4.06. The van der Waals surface area contributed by atoms with Gasteiger partial charge in [0, 0.05) is 6.26 Å². The molecule has 0 aliphatic rings. The van der Waals surface area contributed by atoms with E-state index >= 15 is 0 Å². The fraction of sp³-hybridized carbons (Fsp3) is 0.154. The molecule has 0 fully saturated rings. The summed E-state index contributed by atoms with van der Waals surface area (Å²) in [5.41, 5.74) is 2.12. The van der Waals surface area contributed by atoms with Gasteiger partial charge in [0.15, 0.2) is 9.84 Å². The van der Waals surface area contributed by atoms with Gasteiger partial charge in [-0.25, -0.2) is 13.4 Å². The van der Waals surface area contributed by atoms with Gasteiger partial charge in [0.05, 0.1) is 20.3 Å². The number of hydrogen-bond acceptors (Lipinski definition) is 4. The van der Waals surface area contributed by atoms with Crippen molar-refractivity contribution in [2.75, 3.05) is 6.26 Å². The number of thiophene rings is 1. The highest BCUT2D eigenvalue weighted by Crippen LogP contribution is 2.36. The van der Waals surface area contributed by atoms with Gasteiger partial charge in [-0.15, -0.1) is 11.3 Å². The molecule has 20 heavy (non-hydrogen) atoms. The minimum Gasteiger partial charge on any atom is -0.337 e. The van der Waals surface area contributed by atoms with Crippen LogP contribution in [0.4, 0.5) is 0 Å². The standard InChI is InChI=1S/C13H11ClN2O2S2/c1-7-6-19-12(10(7)14)13-15-8-4-3-5-9(11(8)16-13)20(2,17)18/h3-6H,1-2H3,(H,15,16). The van der Waals surface area contributed by atoms with E-state index in [1.165, 1.54) is 17.6 Å². The van der Waals surface area contributed by atoms with Crippen LogP contribution >= 0.6 is 22.9 Å². The van der Waals surface area contributed by atoms with E-state index in [0.29, 0.717) is 21.9 Å². The molecule has 1 aromatic carbocycles. The Balaban J connectivity index is 2.29. The number of hydrogen-bond donors (Lipinski definition) is 1. The van der Waals surface area contributed by atoms with Crippen LogP contribution in [0.3, 0.4) is 0 Å². The molecule has 2 aromatic heterocycles. The molecule has 0 aliphatic carbocycles. The van der Waals surface area contributed by atoms with Crippen LogP contribution in [0.15, 0.2) is 28.5 Å². The molecule has 3 aromatic rings. The molecule has 0 spiro atoms. The van der Waals surface area contributed by atoms with Crippen molar-refractivity contribution in [3.8, 4) is 10.7 Å². The number of nitrogens with one attached hydrogen (secondary N) is 1. The zero-order valence-electron chi connectivity index (χ0n) is 10.8. The Labute approximate surface area is 125 Å². The number of nitrogens with zero attached hydrogens (tertiary/aromatic N) is 1. The summed E-state index contributed by atoms with van der Waals surface area (Å²) in [4.78, 5) is 8.59. The third-order valence-electron chi connectivity index (χ3n) is 2.99. The molecule has 0 saturated carbocycles. The summed E-state index contributed by atoms with van der Waals surface area (Å²) in [7, 11) is -3.32. The van der Waals surface area contributed by atoms with E-state index in [4.69, 9.17) is 11.6 Å². The lowest BCUT2D eigenvalue weighted by atomic mass is 10.3. The van der Waals surface area contributed by atoms with Gasteiger partial charge in [-0.3, -0.25) is 0 Å². The number of sulfone groups is 1. The van der Waals surface area contributed by atoms with Crippen molar-refractivity contribution in [1.29, 1.82) is 0 Å². The first-order chi connectivity index (χ1) is 9.38. The summed E-state index contributed by atoms with van der Waals surface area (Å²) < 4.78 is 23.6. The Morgan fingerprint density at radius 3 is 2.70 bits per heavy atom. The largest absolute Gasteiger partial charge is 0.337 e. The van der Waals surface area contributed by atoms with Crippen molar-refractivity contribution < 1.29 is 8.42 Å². The molecular weight excluding hydrogens is 316 g/mol. The van der Waals surface area contributed by atoms with Gasteiger partial charge < -0.3 is 4.98 Å². The Bertz CT molecular complexity index is 910. The average molecular weight is 327 g/mol. The number of imidazole rings is 1. The molecule has 0 amide bonds. The second kappa shape index (κ2) is 4.58. The van der Waals surface area contributed by atoms with Gasteiger partial charge in [-0.2, -0.15) is 0 Å². The fourth-order valence-electron chi connectivity index (χ4n) is 2.00. The Kier molecular flexibility index (Phi) is 3.12. The topological polar surface area (TPSA) is 62.8 Å². The first-order valence-corrected chi connectivity index (χ1v) is 8.95. The van der Waals surface area contributed by atoms with Crippen molar-refractivity contribution in [3.05, 3.63) is 34.2 Å². The van der Waals surface area contributed by atoms with Crippen LogP contribution in [0.5, 0.6) is 0 Å². The van der Waals surface area contributed by atoms with Crippen LogP contribution in [0.25, 0.3) is 21.7 Å². The van der Waals surface area contributed by atoms with Gasteiger partial charge in [0.2, 0.25) is 0 Å². The highest BCUT2D eigenvalue weighted by atomic mass is 35.5. The van der Waals surface area contributed by atoms with Crippen molar-refractivity contribution >= 4 is 43.8 Å². The van der Waals surface area contributed by atoms with E-state index in [9.17, 15) is 8.42 Å². The minimum atomic E-state index is -3.32. The van der Waals surface area contributed by atoms with Gasteiger partial charge >= 0.3 is 0 Å². The molecule has 0 radical (unpaired) electrons. The SMILES string of the molecule is Cc1csc(-c2nc3c(S(C)(=O)=O)cccc3[nH]2)c1Cl. The van der Waals surface area contributed by atoms with Crippen molar-refractivity contribution in [2.24, 2.45) is 0 Å². The zero-order valence-corrected chi connectivity index (χ0v) is 13.2. The maximum Gasteiger partial charge on any atom is 0.177 e. The summed E-state index contributed by atoms with van der Waals surface area (Å²) in [6.45, 7) is 1.92. The normalized spacial score (nSPS) is 12.2. The summed E-state index contributed by atoms with van der Waals surface area (Å²) in [5.74, 6) is 0.596. The summed E-state index contributed by atoms with van der Waals surface area (Å²) in [6.07, 6.45) is 1.18. The van der Waals surface area contributed by atoms with Crippen LogP contribution in [0.1, 0.15) is 5.56 Å². The third kappa shape index (κ3) is 2.13. The van der Waals surface area contributed by atoms with E-state index in [2.05, 4.69) is 9.97 Å². The Hall–Kier alpha value is -1.37. The van der Waals surface area contributed by atoms with Crippen LogP contribution in [0.2, 0.25) is 5.02 Å². The molecule has 0 atom stereocenters. The number of fused-ring (bicyclic) bond motifs is 1. The molecule has 4 nitrogen and oxygen atoms in total. The monoisotopic (exact) mass is 326 g/mol. The molecule has 104 valence electrons. The van der Waals surface area contributed by atoms with E-state index in [1.54, 1.807) is 18.2 Å². The minimum absolute atomic E-state index is 0.224. The highest BCUT2D eigenvalue weighted by Gasteiger charge is 2.18. The smallest absolute Gasteiger partial charge is 0.177 e. The third-order valence-corrected chi connectivity index (χ3v) is 5.82. The van der Waals surface area contributed by atoms with Crippen molar-refractivity contribution in [3.63, 3.8) is 0 Å². The molecule has 0 aliphatic heterocycles.